The highest BCUT2D eigenvalue weighted by Crippen LogP contribution is 2.18. The van der Waals surface area contributed by atoms with Crippen molar-refractivity contribution < 1.29 is 0 Å². The van der Waals surface area contributed by atoms with E-state index >= 15 is 0 Å². The quantitative estimate of drug-likeness (QED) is 0.731. The van der Waals surface area contributed by atoms with E-state index in [1.807, 2.05) is 23.7 Å². The molecule has 1 aliphatic rings. The molecule has 2 aromatic heterocycles. The Bertz CT molecular complexity index is 497. The van der Waals surface area contributed by atoms with Crippen molar-refractivity contribution in [3.05, 3.63) is 24.0 Å². The molecule has 1 fully saturated rings. The summed E-state index contributed by atoms with van der Waals surface area (Å²) < 4.78 is 1.92. The topological polar surface area (TPSA) is 33.4 Å². The maximum atomic E-state index is 4.64. The van der Waals surface area contributed by atoms with Gasteiger partial charge in [0.25, 0.3) is 0 Å². The summed E-state index contributed by atoms with van der Waals surface area (Å²) in [6.45, 7) is 4.30. The van der Waals surface area contributed by atoms with Gasteiger partial charge in [-0.05, 0) is 38.3 Å². The van der Waals surface area contributed by atoms with E-state index < -0.39 is 0 Å². The average molecular weight is 216 g/mol. The summed E-state index contributed by atoms with van der Waals surface area (Å²) >= 11 is 0. The zero-order chi connectivity index (χ0) is 11.0. The Morgan fingerprint density at radius 2 is 1.94 bits per heavy atom. The second-order valence-corrected chi connectivity index (χ2v) is 4.41. The number of rotatable bonds is 1. The Morgan fingerprint density at radius 1 is 1.12 bits per heavy atom. The van der Waals surface area contributed by atoms with E-state index in [0.29, 0.717) is 0 Å². The number of aromatic nitrogens is 3. The van der Waals surface area contributed by atoms with Crippen LogP contribution in [0, 0.1) is 6.92 Å². The van der Waals surface area contributed by atoms with Gasteiger partial charge in [-0.15, -0.1) is 5.10 Å². The van der Waals surface area contributed by atoms with Gasteiger partial charge in [-0.2, -0.15) is 0 Å². The van der Waals surface area contributed by atoms with E-state index in [2.05, 4.69) is 21.0 Å². The molecule has 2 aromatic rings. The fourth-order valence-electron chi connectivity index (χ4n) is 2.27. The third kappa shape index (κ3) is 1.54. The smallest absolute Gasteiger partial charge is 0.153 e. The number of imidazole rings is 1. The van der Waals surface area contributed by atoms with Gasteiger partial charge in [-0.3, -0.25) is 0 Å². The SMILES string of the molecule is Cc1cnc2ccc(N3CCCCC3)nn12. The monoisotopic (exact) mass is 216 g/mol. The second-order valence-electron chi connectivity index (χ2n) is 4.41. The molecule has 0 bridgehead atoms. The molecule has 0 radical (unpaired) electrons. The molecule has 0 N–H and O–H groups in total. The lowest BCUT2D eigenvalue weighted by Gasteiger charge is -2.27. The number of fused-ring (bicyclic) bond motifs is 1. The Balaban J connectivity index is 1.99. The highest BCUT2D eigenvalue weighted by molar-refractivity contribution is 5.46. The third-order valence-corrected chi connectivity index (χ3v) is 3.20. The zero-order valence-electron chi connectivity index (χ0n) is 9.56. The highest BCUT2D eigenvalue weighted by Gasteiger charge is 2.13. The van der Waals surface area contributed by atoms with E-state index in [0.717, 1.165) is 30.2 Å². The number of aryl methyl sites for hydroxylation is 1. The summed E-state index contributed by atoms with van der Waals surface area (Å²) in [5.41, 5.74) is 2.02. The molecule has 0 saturated carbocycles. The largest absolute Gasteiger partial charge is 0.355 e. The fraction of sp³-hybridized carbons (Fsp3) is 0.500. The lowest BCUT2D eigenvalue weighted by atomic mass is 10.1. The van der Waals surface area contributed by atoms with Crippen LogP contribution < -0.4 is 4.90 Å². The van der Waals surface area contributed by atoms with Crippen molar-refractivity contribution in [1.82, 2.24) is 14.6 Å². The number of nitrogens with zero attached hydrogens (tertiary/aromatic N) is 4. The van der Waals surface area contributed by atoms with Crippen molar-refractivity contribution in [3.63, 3.8) is 0 Å². The van der Waals surface area contributed by atoms with E-state index in [1.54, 1.807) is 0 Å². The molecule has 4 nitrogen and oxygen atoms in total. The van der Waals surface area contributed by atoms with Crippen molar-refractivity contribution in [2.75, 3.05) is 18.0 Å². The summed E-state index contributed by atoms with van der Waals surface area (Å²) in [6.07, 6.45) is 5.77. The van der Waals surface area contributed by atoms with Crippen LogP contribution in [0.15, 0.2) is 18.3 Å². The molecule has 84 valence electrons. The van der Waals surface area contributed by atoms with Gasteiger partial charge in [-0.25, -0.2) is 9.50 Å². The number of hydrogen-bond donors (Lipinski definition) is 0. The first-order valence-electron chi connectivity index (χ1n) is 5.91. The van der Waals surface area contributed by atoms with Gasteiger partial charge in [0.15, 0.2) is 5.65 Å². The van der Waals surface area contributed by atoms with Crippen LogP contribution in [-0.4, -0.2) is 27.7 Å². The van der Waals surface area contributed by atoms with Gasteiger partial charge in [0.05, 0.1) is 11.9 Å². The van der Waals surface area contributed by atoms with Gasteiger partial charge in [-0.1, -0.05) is 0 Å². The Labute approximate surface area is 94.9 Å². The minimum Gasteiger partial charge on any atom is -0.355 e. The van der Waals surface area contributed by atoms with Gasteiger partial charge < -0.3 is 4.90 Å². The summed E-state index contributed by atoms with van der Waals surface area (Å²) in [5, 5.41) is 4.64. The van der Waals surface area contributed by atoms with Crippen LogP contribution in [0.1, 0.15) is 25.0 Å². The molecule has 0 amide bonds. The molecule has 0 aromatic carbocycles. The highest BCUT2D eigenvalue weighted by atomic mass is 15.3. The van der Waals surface area contributed by atoms with Crippen molar-refractivity contribution in [3.8, 4) is 0 Å². The molecule has 0 unspecified atom stereocenters. The molecular weight excluding hydrogens is 200 g/mol. The van der Waals surface area contributed by atoms with E-state index in [4.69, 9.17) is 0 Å². The van der Waals surface area contributed by atoms with Crippen LogP contribution in [0.2, 0.25) is 0 Å². The first-order chi connectivity index (χ1) is 7.84. The van der Waals surface area contributed by atoms with Gasteiger partial charge in [0.1, 0.15) is 5.82 Å². The minimum absolute atomic E-state index is 0.929. The number of hydrogen-bond acceptors (Lipinski definition) is 3. The molecule has 0 aliphatic carbocycles. The van der Waals surface area contributed by atoms with Crippen LogP contribution in [-0.2, 0) is 0 Å². The van der Waals surface area contributed by atoms with Gasteiger partial charge >= 0.3 is 0 Å². The maximum absolute atomic E-state index is 4.64. The van der Waals surface area contributed by atoms with Crippen LogP contribution in [0.4, 0.5) is 5.82 Å². The summed E-state index contributed by atoms with van der Waals surface area (Å²) in [6, 6.07) is 4.12. The fourth-order valence-corrected chi connectivity index (χ4v) is 2.27. The van der Waals surface area contributed by atoms with Gasteiger partial charge in [0, 0.05) is 13.1 Å². The molecule has 1 aliphatic heterocycles. The maximum Gasteiger partial charge on any atom is 0.153 e. The molecule has 0 atom stereocenters. The summed E-state index contributed by atoms with van der Waals surface area (Å²) in [5.74, 6) is 1.08. The predicted octanol–water partition coefficient (Wildman–Crippen LogP) is 2.03. The van der Waals surface area contributed by atoms with Crippen LogP contribution >= 0.6 is 0 Å². The zero-order valence-corrected chi connectivity index (χ0v) is 9.56. The third-order valence-electron chi connectivity index (χ3n) is 3.20. The van der Waals surface area contributed by atoms with Crippen molar-refractivity contribution in [2.45, 2.75) is 26.2 Å². The molecule has 0 spiro atoms. The Morgan fingerprint density at radius 3 is 2.75 bits per heavy atom. The second kappa shape index (κ2) is 3.77. The number of piperidine rings is 1. The summed E-state index contributed by atoms with van der Waals surface area (Å²) in [7, 11) is 0. The molecular formula is C12H16N4. The Kier molecular flexibility index (Phi) is 2.27. The van der Waals surface area contributed by atoms with E-state index in [1.165, 1.54) is 19.3 Å². The molecule has 4 heteroatoms. The predicted molar refractivity (Wildman–Crippen MR) is 63.8 cm³/mol. The lowest BCUT2D eigenvalue weighted by molar-refractivity contribution is 0.570. The van der Waals surface area contributed by atoms with E-state index in [9.17, 15) is 0 Å². The molecule has 3 heterocycles. The normalized spacial score (nSPS) is 16.9. The first kappa shape index (κ1) is 9.63. The van der Waals surface area contributed by atoms with Gasteiger partial charge in [0.2, 0.25) is 0 Å². The minimum atomic E-state index is 0.929. The standard InChI is InChI=1S/C12H16N4/c1-10-9-13-11-5-6-12(14-16(10)11)15-7-3-2-4-8-15/h5-6,9H,2-4,7-8H2,1H3. The Hall–Kier alpha value is -1.58. The van der Waals surface area contributed by atoms with Crippen molar-refractivity contribution in [2.24, 2.45) is 0 Å². The lowest BCUT2D eigenvalue weighted by Crippen LogP contribution is -2.30. The van der Waals surface area contributed by atoms with Crippen LogP contribution in [0.3, 0.4) is 0 Å². The summed E-state index contributed by atoms with van der Waals surface area (Å²) in [4.78, 5) is 6.65. The van der Waals surface area contributed by atoms with Crippen molar-refractivity contribution in [1.29, 1.82) is 0 Å². The molecule has 16 heavy (non-hydrogen) atoms. The molecule has 3 rings (SSSR count). The number of anilines is 1. The average Bonchev–Trinajstić information content (AvgIpc) is 2.72. The van der Waals surface area contributed by atoms with Crippen molar-refractivity contribution >= 4 is 11.5 Å². The van der Waals surface area contributed by atoms with Crippen LogP contribution in [0.5, 0.6) is 0 Å². The van der Waals surface area contributed by atoms with Crippen LogP contribution in [0.25, 0.3) is 5.65 Å². The molecule has 1 saturated heterocycles. The van der Waals surface area contributed by atoms with E-state index in [-0.39, 0.29) is 0 Å². The first-order valence-corrected chi connectivity index (χ1v) is 5.91.